The fraction of sp³-hybridized carbons (Fsp3) is 0.552. The molecule has 48 heavy (non-hydrogen) atoms. The van der Waals surface area contributed by atoms with E-state index in [9.17, 15) is 40.1 Å². The van der Waals surface area contributed by atoms with Gasteiger partial charge < -0.3 is 14.8 Å². The first-order valence-corrected chi connectivity index (χ1v) is 15.9. The van der Waals surface area contributed by atoms with Crippen molar-refractivity contribution < 1.29 is 54.0 Å². The molecule has 264 valence electrons. The Kier molecular flexibility index (Phi) is 9.55. The number of aromatic nitrogens is 2. The summed E-state index contributed by atoms with van der Waals surface area (Å²) >= 11 is 0. The number of rotatable bonds is 7. The van der Waals surface area contributed by atoms with E-state index in [2.05, 4.69) is 34.7 Å². The van der Waals surface area contributed by atoms with Crippen molar-refractivity contribution in [2.45, 2.75) is 87.4 Å². The molecule has 3 atom stereocenters. The molecule has 0 fully saturated rings. The number of nitrogens with one attached hydrogen (secondary N) is 2. The van der Waals surface area contributed by atoms with Gasteiger partial charge in [-0.2, -0.15) is 8.78 Å². The molecule has 0 aliphatic carbocycles. The summed E-state index contributed by atoms with van der Waals surface area (Å²) in [6.07, 6.45) is -5.14. The third-order valence-corrected chi connectivity index (χ3v) is 11.1. The smallest absolute Gasteiger partial charge is 0.413 e. The molecule has 2 amide bonds. The molecule has 0 bridgehead atoms. The van der Waals surface area contributed by atoms with Gasteiger partial charge in [0.2, 0.25) is 0 Å². The van der Waals surface area contributed by atoms with Crippen molar-refractivity contribution in [3.05, 3.63) is 47.7 Å². The van der Waals surface area contributed by atoms with Crippen molar-refractivity contribution in [1.29, 1.82) is 0 Å². The van der Waals surface area contributed by atoms with Crippen LogP contribution in [0.15, 0.2) is 39.8 Å². The van der Waals surface area contributed by atoms with Gasteiger partial charge in [0.05, 0.1) is 21.2 Å². The minimum atomic E-state index is -4.42. The van der Waals surface area contributed by atoms with E-state index in [1.807, 2.05) is 0 Å². The molecular weight excluding hydrogens is 677 g/mol. The molecule has 4 rings (SSSR count). The third-order valence-electron chi connectivity index (χ3n) is 7.54. The lowest BCUT2D eigenvalue weighted by Crippen LogP contribution is -2.64. The lowest BCUT2D eigenvalue weighted by Gasteiger charge is -2.49. The topological polar surface area (TPSA) is 144 Å². The van der Waals surface area contributed by atoms with Gasteiger partial charge in [0.15, 0.2) is 6.61 Å². The summed E-state index contributed by atoms with van der Waals surface area (Å²) in [5.41, 5.74) is -4.01. The number of ether oxygens (including phenoxy) is 2. The molecule has 0 radical (unpaired) electrons. The summed E-state index contributed by atoms with van der Waals surface area (Å²) in [5.74, 6) is -10.8. The Bertz CT molecular complexity index is 1740. The zero-order valence-corrected chi connectivity index (χ0v) is 27.4. The van der Waals surface area contributed by atoms with E-state index in [1.54, 1.807) is 20.8 Å². The minimum absolute atomic E-state index is 0.275. The summed E-state index contributed by atoms with van der Waals surface area (Å²) in [7, 11) is -3.75. The maximum absolute atomic E-state index is 15.6. The van der Waals surface area contributed by atoms with Crippen molar-refractivity contribution in [1.82, 2.24) is 15.3 Å². The van der Waals surface area contributed by atoms with E-state index in [1.165, 1.54) is 20.8 Å². The molecule has 11 nitrogen and oxygen atoms in total. The van der Waals surface area contributed by atoms with Crippen molar-refractivity contribution >= 4 is 33.4 Å². The van der Waals surface area contributed by atoms with Crippen molar-refractivity contribution in [3.8, 4) is 5.75 Å². The number of anilines is 1. The summed E-state index contributed by atoms with van der Waals surface area (Å²) in [4.78, 5) is 38.0. The van der Waals surface area contributed by atoms with E-state index < -0.39 is 92.2 Å². The highest BCUT2D eigenvalue weighted by atomic mass is 32.2. The molecule has 2 aromatic rings. The molecule has 19 heteroatoms. The van der Waals surface area contributed by atoms with Crippen LogP contribution in [-0.4, -0.2) is 79.0 Å². The van der Waals surface area contributed by atoms with Gasteiger partial charge >= 0.3 is 18.4 Å². The average molecular weight is 711 g/mol. The number of alkyl halides is 6. The quantitative estimate of drug-likeness (QED) is 0.338. The minimum Gasteiger partial charge on any atom is -0.485 e. The number of nitrogens with zero attached hydrogens (tertiary/aromatic N) is 4. The Hall–Kier alpha value is -4.03. The second kappa shape index (κ2) is 12.5. The van der Waals surface area contributed by atoms with Crippen LogP contribution in [0.4, 0.5) is 41.3 Å². The van der Waals surface area contributed by atoms with Crippen LogP contribution in [0.2, 0.25) is 0 Å². The van der Waals surface area contributed by atoms with Crippen LogP contribution >= 0.6 is 0 Å². The second-order valence-electron chi connectivity index (χ2n) is 12.9. The number of hydrogen-bond donors (Lipinski definition) is 2. The molecule has 0 saturated carbocycles. The largest absolute Gasteiger partial charge is 0.485 e. The monoisotopic (exact) mass is 710 g/mol. The highest BCUT2D eigenvalue weighted by molar-refractivity contribution is 7.96. The average Bonchev–Trinajstić information content (AvgIpc) is 2.96. The second-order valence-corrected chi connectivity index (χ2v) is 15.8. The SMILES string of the molecule is CC(C)(C)OC(=O)NC1=N[C@](C)(c2nc(NC(=O)c3ccc(OCC(F)(F)C(F)F)cn3)ccc2F)[C@H]2CC(F)(F)CN=[S@]2(=O)C1(C)C. The lowest BCUT2D eigenvalue weighted by molar-refractivity contribution is -0.148. The molecule has 0 unspecified atom stereocenters. The van der Waals surface area contributed by atoms with Crippen LogP contribution in [0.25, 0.3) is 0 Å². The number of amidine groups is 1. The van der Waals surface area contributed by atoms with Crippen LogP contribution in [0, 0.1) is 5.82 Å². The van der Waals surface area contributed by atoms with Gasteiger partial charge in [0.25, 0.3) is 11.8 Å². The summed E-state index contributed by atoms with van der Waals surface area (Å²) < 4.78 is 123. The number of aliphatic imine (C=N–C) groups is 1. The van der Waals surface area contributed by atoms with E-state index in [-0.39, 0.29) is 23.1 Å². The van der Waals surface area contributed by atoms with Gasteiger partial charge in [-0.3, -0.25) is 15.1 Å². The number of carbonyl (C=O) groups is 2. The van der Waals surface area contributed by atoms with Gasteiger partial charge in [-0.25, -0.2) is 45.3 Å². The maximum atomic E-state index is 15.6. The van der Waals surface area contributed by atoms with E-state index in [0.717, 1.165) is 30.5 Å². The Balaban J connectivity index is 1.70. The van der Waals surface area contributed by atoms with Crippen LogP contribution in [-0.2, 0) is 20.0 Å². The summed E-state index contributed by atoms with van der Waals surface area (Å²) in [6, 6.07) is 3.96. The Labute approximate surface area is 271 Å². The number of halogens is 7. The van der Waals surface area contributed by atoms with Crippen LogP contribution < -0.4 is 15.4 Å². The van der Waals surface area contributed by atoms with E-state index in [0.29, 0.717) is 0 Å². The maximum Gasteiger partial charge on any atom is 0.413 e. The molecule has 0 spiro atoms. The highest BCUT2D eigenvalue weighted by Gasteiger charge is 2.61. The zero-order valence-electron chi connectivity index (χ0n) is 26.5. The van der Waals surface area contributed by atoms with Crippen LogP contribution in [0.5, 0.6) is 5.75 Å². The molecular formula is C29H33F7N6O5S. The van der Waals surface area contributed by atoms with Gasteiger partial charge in [0, 0.05) is 6.42 Å². The van der Waals surface area contributed by atoms with Gasteiger partial charge in [-0.05, 0) is 65.8 Å². The zero-order chi connectivity index (χ0) is 36.1. The molecule has 0 aromatic carbocycles. The van der Waals surface area contributed by atoms with Crippen molar-refractivity contribution in [2.24, 2.45) is 9.36 Å². The predicted octanol–water partition coefficient (Wildman–Crippen LogP) is 5.95. The first-order valence-electron chi connectivity index (χ1n) is 14.3. The number of amides is 2. The van der Waals surface area contributed by atoms with Crippen LogP contribution in [0.1, 0.15) is 64.1 Å². The third kappa shape index (κ3) is 7.34. The molecule has 2 aromatic heterocycles. The summed E-state index contributed by atoms with van der Waals surface area (Å²) in [6.45, 7) is 6.07. The van der Waals surface area contributed by atoms with Crippen LogP contribution in [0.3, 0.4) is 0 Å². The fourth-order valence-corrected chi connectivity index (χ4v) is 8.23. The Morgan fingerprint density at radius 3 is 2.33 bits per heavy atom. The molecule has 2 aliphatic heterocycles. The first kappa shape index (κ1) is 36.8. The predicted molar refractivity (Wildman–Crippen MR) is 160 cm³/mol. The fourth-order valence-electron chi connectivity index (χ4n) is 5.01. The molecule has 2 aliphatic rings. The number of fused-ring (bicyclic) bond motifs is 1. The summed E-state index contributed by atoms with van der Waals surface area (Å²) in [5, 5.41) is 3.15. The molecule has 4 heterocycles. The number of carbonyl (C=O) groups excluding carboxylic acids is 2. The normalized spacial score (nSPS) is 24.9. The Morgan fingerprint density at radius 2 is 1.75 bits per heavy atom. The van der Waals surface area contributed by atoms with E-state index >= 15 is 4.39 Å². The standard InChI is InChI=1S/C29H33F7N6O5S/c1-25(2,3)47-24(44)41-23-26(4,5)48(45)18(11-28(33,34)13-38-48)27(6,42-23)20-16(30)8-10-19(39-20)40-21(43)17-9-7-15(12-37-17)46-14-29(35,36)22(31)32/h7-10,12,18,22H,11,13-14H2,1-6H3,(H,39,40,43)(H,41,42,44)/t18-,27+,48-/m1/s1. The number of pyridine rings is 2. The van der Waals surface area contributed by atoms with Gasteiger partial charge in [0.1, 0.15) is 57.0 Å². The lowest BCUT2D eigenvalue weighted by atomic mass is 9.88. The van der Waals surface area contributed by atoms with Crippen molar-refractivity contribution in [2.75, 3.05) is 18.5 Å². The van der Waals surface area contributed by atoms with E-state index in [4.69, 9.17) is 4.74 Å². The molecule has 0 saturated heterocycles. The Morgan fingerprint density at radius 1 is 1.08 bits per heavy atom. The number of hydrogen-bond acceptors (Lipinski definition) is 9. The number of alkyl carbamates (subject to hydrolysis) is 1. The van der Waals surface area contributed by atoms with Gasteiger partial charge in [-0.1, -0.05) is 0 Å². The highest BCUT2D eigenvalue weighted by Crippen LogP contribution is 2.50. The van der Waals surface area contributed by atoms with Crippen molar-refractivity contribution in [3.63, 3.8) is 0 Å². The molecule has 2 N–H and O–H groups in total. The first-order chi connectivity index (χ1) is 21.9. The van der Waals surface area contributed by atoms with Gasteiger partial charge in [-0.15, -0.1) is 0 Å².